The first-order valence-corrected chi connectivity index (χ1v) is 11.0. The van der Waals surface area contributed by atoms with Crippen molar-refractivity contribution in [3.05, 3.63) is 87.2 Å². The van der Waals surface area contributed by atoms with E-state index in [0.717, 1.165) is 16.2 Å². The fraction of sp³-hybridized carbons (Fsp3) is 0.190. The van der Waals surface area contributed by atoms with Crippen LogP contribution in [0.5, 0.6) is 5.75 Å². The van der Waals surface area contributed by atoms with Crippen molar-refractivity contribution in [2.45, 2.75) is 13.0 Å². The predicted molar refractivity (Wildman–Crippen MR) is 120 cm³/mol. The third kappa shape index (κ3) is 3.65. The Morgan fingerprint density at radius 1 is 1.31 bits per heavy atom. The first-order valence-electron chi connectivity index (χ1n) is 9.32. The topological polar surface area (TPSA) is 113 Å². The molecule has 0 bridgehead atoms. The number of thiazole rings is 1. The number of allylic oxidation sites excluding steroid dienone is 1. The monoisotopic (exact) mass is 471 g/mol. The minimum atomic E-state index is -0.661. The van der Waals surface area contributed by atoms with E-state index < -0.39 is 16.9 Å². The van der Waals surface area contributed by atoms with Gasteiger partial charge in [-0.25, -0.2) is 9.79 Å². The second kappa shape index (κ2) is 8.52. The molecule has 0 N–H and O–H groups in total. The Morgan fingerprint density at radius 3 is 2.72 bits per heavy atom. The molecule has 11 heteroatoms. The minimum absolute atomic E-state index is 0.129. The summed E-state index contributed by atoms with van der Waals surface area (Å²) in [4.78, 5) is 42.4. The van der Waals surface area contributed by atoms with Crippen LogP contribution in [0.15, 0.2) is 56.8 Å². The minimum Gasteiger partial charge on any atom is -0.490 e. The number of aromatic nitrogens is 1. The van der Waals surface area contributed by atoms with Gasteiger partial charge in [-0.1, -0.05) is 23.5 Å². The summed E-state index contributed by atoms with van der Waals surface area (Å²) in [5.41, 5.74) is 0.699. The van der Waals surface area contributed by atoms with E-state index >= 15 is 0 Å². The van der Waals surface area contributed by atoms with Crippen molar-refractivity contribution in [1.29, 1.82) is 0 Å². The van der Waals surface area contributed by atoms with Gasteiger partial charge in [-0.2, -0.15) is 0 Å². The molecule has 9 nitrogen and oxygen atoms in total. The Kier molecular flexibility index (Phi) is 5.76. The van der Waals surface area contributed by atoms with Crippen molar-refractivity contribution >= 4 is 40.4 Å². The van der Waals surface area contributed by atoms with Crippen LogP contribution in [-0.2, 0) is 9.53 Å². The molecule has 3 aromatic rings. The molecule has 1 aliphatic heterocycles. The van der Waals surface area contributed by atoms with E-state index in [1.807, 2.05) is 17.5 Å². The normalized spacial score (nSPS) is 15.8. The third-order valence-corrected chi connectivity index (χ3v) is 6.84. The van der Waals surface area contributed by atoms with Crippen molar-refractivity contribution in [2.24, 2.45) is 4.99 Å². The molecule has 1 atom stereocenters. The van der Waals surface area contributed by atoms with E-state index in [1.165, 1.54) is 42.3 Å². The Labute approximate surface area is 189 Å². The molecule has 0 fully saturated rings. The lowest BCUT2D eigenvalue weighted by molar-refractivity contribution is -0.385. The van der Waals surface area contributed by atoms with Gasteiger partial charge in [0.1, 0.15) is 6.04 Å². The number of nitrogens with zero attached hydrogens (tertiary/aromatic N) is 3. The number of nitro benzene ring substituents is 1. The van der Waals surface area contributed by atoms with E-state index in [1.54, 1.807) is 19.1 Å². The fourth-order valence-electron chi connectivity index (χ4n) is 3.50. The lowest BCUT2D eigenvalue weighted by Gasteiger charge is -2.22. The van der Waals surface area contributed by atoms with Gasteiger partial charge < -0.3 is 9.47 Å². The molecule has 0 aliphatic carbocycles. The van der Waals surface area contributed by atoms with Gasteiger partial charge in [0.05, 0.1) is 34.9 Å². The molecule has 0 amide bonds. The Balaban J connectivity index is 1.93. The summed E-state index contributed by atoms with van der Waals surface area (Å²) in [6.07, 6.45) is 1.57. The van der Waals surface area contributed by atoms with Crippen LogP contribution >= 0.6 is 22.7 Å². The van der Waals surface area contributed by atoms with Crippen LogP contribution in [0, 0.1) is 10.1 Å². The highest BCUT2D eigenvalue weighted by atomic mass is 32.1. The van der Waals surface area contributed by atoms with Crippen LogP contribution in [0.25, 0.3) is 6.08 Å². The number of carbonyl (C=O) groups excluding carboxylic acids is 1. The summed E-state index contributed by atoms with van der Waals surface area (Å²) in [6.45, 7) is 1.71. The standard InChI is InChI=1S/C21H17N3O6S2/c1-11-17(20(26)30-3)18(15-5-4-8-31-15)23-19(25)16(32-21(23)22-11)10-12-6-7-14(29-2)13(9-12)24(27)28/h4-10,18H,1-3H3. The quantitative estimate of drug-likeness (QED) is 0.321. The summed E-state index contributed by atoms with van der Waals surface area (Å²) < 4.78 is 11.8. The summed E-state index contributed by atoms with van der Waals surface area (Å²) in [5, 5.41) is 13.2. The maximum absolute atomic E-state index is 13.4. The van der Waals surface area contributed by atoms with Crippen molar-refractivity contribution in [3.8, 4) is 5.75 Å². The SMILES string of the molecule is COC(=O)C1=C(C)N=c2sc(=Cc3ccc(OC)c([N+](=O)[O-])c3)c(=O)n2C1c1cccs1. The number of benzene rings is 1. The van der Waals surface area contributed by atoms with Crippen LogP contribution in [0.1, 0.15) is 23.4 Å². The highest BCUT2D eigenvalue weighted by molar-refractivity contribution is 7.10. The summed E-state index contributed by atoms with van der Waals surface area (Å²) in [6, 6.07) is 7.49. The maximum atomic E-state index is 13.4. The average Bonchev–Trinajstić information content (AvgIpc) is 3.41. The van der Waals surface area contributed by atoms with E-state index in [4.69, 9.17) is 9.47 Å². The second-order valence-corrected chi connectivity index (χ2v) is 8.77. The molecule has 1 unspecified atom stereocenters. The van der Waals surface area contributed by atoms with Crippen LogP contribution in [0.2, 0.25) is 0 Å². The van der Waals surface area contributed by atoms with Crippen LogP contribution in [0.3, 0.4) is 0 Å². The number of rotatable bonds is 5. The van der Waals surface area contributed by atoms with Crippen molar-refractivity contribution in [1.82, 2.24) is 4.57 Å². The molecular weight excluding hydrogens is 454 g/mol. The first kappa shape index (κ1) is 21.7. The van der Waals surface area contributed by atoms with Gasteiger partial charge >= 0.3 is 11.7 Å². The lowest BCUT2D eigenvalue weighted by atomic mass is 10.0. The molecule has 164 valence electrons. The lowest BCUT2D eigenvalue weighted by Crippen LogP contribution is -2.39. The number of hydrogen-bond donors (Lipinski definition) is 0. The number of thiophene rings is 1. The molecular formula is C21H17N3O6S2. The predicted octanol–water partition coefficient (Wildman–Crippen LogP) is 2.39. The number of fused-ring (bicyclic) bond motifs is 1. The van der Waals surface area contributed by atoms with Gasteiger partial charge in [-0.3, -0.25) is 19.5 Å². The van der Waals surface area contributed by atoms with Crippen LogP contribution in [-0.4, -0.2) is 29.7 Å². The largest absolute Gasteiger partial charge is 0.490 e. The molecule has 32 heavy (non-hydrogen) atoms. The molecule has 0 spiro atoms. The van der Waals surface area contributed by atoms with Crippen LogP contribution < -0.4 is 19.6 Å². The van der Waals surface area contributed by atoms with E-state index in [0.29, 0.717) is 26.2 Å². The summed E-state index contributed by atoms with van der Waals surface area (Å²) >= 11 is 2.57. The Hall–Kier alpha value is -3.57. The van der Waals surface area contributed by atoms with E-state index in [-0.39, 0.29) is 17.0 Å². The second-order valence-electron chi connectivity index (χ2n) is 6.78. The van der Waals surface area contributed by atoms with Gasteiger partial charge in [0.2, 0.25) is 0 Å². The number of methoxy groups -OCH3 is 2. The number of nitro groups is 1. The maximum Gasteiger partial charge on any atom is 0.338 e. The molecule has 4 rings (SSSR count). The first-order chi connectivity index (χ1) is 15.3. The highest BCUT2D eigenvalue weighted by Crippen LogP contribution is 2.33. The molecule has 0 saturated carbocycles. The van der Waals surface area contributed by atoms with E-state index in [2.05, 4.69) is 4.99 Å². The number of hydrogen-bond acceptors (Lipinski definition) is 9. The van der Waals surface area contributed by atoms with Gasteiger partial charge in [0, 0.05) is 10.9 Å². The van der Waals surface area contributed by atoms with Crippen LogP contribution in [0.4, 0.5) is 5.69 Å². The van der Waals surface area contributed by atoms with Crippen molar-refractivity contribution < 1.29 is 19.2 Å². The average molecular weight is 472 g/mol. The number of carbonyl (C=O) groups is 1. The molecule has 1 aromatic carbocycles. The number of esters is 1. The molecule has 1 aliphatic rings. The smallest absolute Gasteiger partial charge is 0.338 e. The zero-order chi connectivity index (χ0) is 23.0. The third-order valence-electron chi connectivity index (χ3n) is 4.94. The summed E-state index contributed by atoms with van der Waals surface area (Å²) in [5.74, 6) is -0.422. The highest BCUT2D eigenvalue weighted by Gasteiger charge is 2.33. The molecule has 3 heterocycles. The number of ether oxygens (including phenoxy) is 2. The van der Waals surface area contributed by atoms with Gasteiger partial charge in [-0.05, 0) is 36.1 Å². The Bertz CT molecular complexity index is 1430. The molecule has 0 saturated heterocycles. The van der Waals surface area contributed by atoms with E-state index in [9.17, 15) is 19.7 Å². The fourth-order valence-corrected chi connectivity index (χ4v) is 5.37. The zero-order valence-corrected chi connectivity index (χ0v) is 18.9. The summed E-state index contributed by atoms with van der Waals surface area (Å²) in [7, 11) is 2.64. The van der Waals surface area contributed by atoms with Crippen molar-refractivity contribution in [2.75, 3.05) is 14.2 Å². The Morgan fingerprint density at radius 2 is 2.09 bits per heavy atom. The van der Waals surface area contributed by atoms with Gasteiger partial charge in [-0.15, -0.1) is 11.3 Å². The van der Waals surface area contributed by atoms with Crippen molar-refractivity contribution in [3.63, 3.8) is 0 Å². The molecule has 0 radical (unpaired) electrons. The molecule has 2 aromatic heterocycles. The zero-order valence-electron chi connectivity index (χ0n) is 17.2. The van der Waals surface area contributed by atoms with Gasteiger partial charge in [0.15, 0.2) is 10.6 Å². The van der Waals surface area contributed by atoms with Gasteiger partial charge in [0.25, 0.3) is 5.56 Å².